The summed E-state index contributed by atoms with van der Waals surface area (Å²) in [5.74, 6) is -1.07. The number of azide groups is 1. The summed E-state index contributed by atoms with van der Waals surface area (Å²) in [7, 11) is 0. The first-order valence-electron chi connectivity index (χ1n) is 7.03. The minimum atomic E-state index is -1.58. The Kier molecular flexibility index (Phi) is 4.80. The summed E-state index contributed by atoms with van der Waals surface area (Å²) >= 11 is 0. The Balaban J connectivity index is 2.23. The predicted molar refractivity (Wildman–Crippen MR) is 77.9 cm³/mol. The number of nitrogens with zero attached hydrogens (tertiary/aromatic N) is 3. The first kappa shape index (κ1) is 16.0. The van der Waals surface area contributed by atoms with Gasteiger partial charge in [-0.15, -0.1) is 0 Å². The van der Waals surface area contributed by atoms with Crippen LogP contribution in [0.5, 0.6) is 0 Å². The maximum atomic E-state index is 12.1. The van der Waals surface area contributed by atoms with Crippen LogP contribution in [0.2, 0.25) is 0 Å². The standard InChI is InChI=1S/C15H17N3O4/c1-2-22-14(20)8-11(19)9-15(21)12-6-4-3-5-10(12)7-13(15)17-18-16/h3-6,13,21H,2,7-9H2,1H3. The molecule has 0 spiro atoms. The lowest BCUT2D eigenvalue weighted by Gasteiger charge is -2.27. The van der Waals surface area contributed by atoms with Crippen molar-refractivity contribution in [1.29, 1.82) is 0 Å². The second-order valence-corrected chi connectivity index (χ2v) is 5.20. The number of fused-ring (bicyclic) bond motifs is 1. The molecular weight excluding hydrogens is 286 g/mol. The Morgan fingerprint density at radius 1 is 1.50 bits per heavy atom. The van der Waals surface area contributed by atoms with Crippen LogP contribution in [0.4, 0.5) is 0 Å². The van der Waals surface area contributed by atoms with Gasteiger partial charge >= 0.3 is 5.97 Å². The lowest BCUT2D eigenvalue weighted by Crippen LogP contribution is -2.37. The largest absolute Gasteiger partial charge is 0.466 e. The fourth-order valence-electron chi connectivity index (χ4n) is 2.83. The van der Waals surface area contributed by atoms with Crippen LogP contribution in [0.1, 0.15) is 30.9 Å². The summed E-state index contributed by atoms with van der Waals surface area (Å²) < 4.78 is 4.73. The molecule has 0 aliphatic heterocycles. The zero-order valence-electron chi connectivity index (χ0n) is 12.2. The van der Waals surface area contributed by atoms with E-state index in [1.807, 2.05) is 12.1 Å². The van der Waals surface area contributed by atoms with E-state index in [-0.39, 0.29) is 13.0 Å². The highest BCUT2D eigenvalue weighted by Crippen LogP contribution is 2.41. The monoisotopic (exact) mass is 303 g/mol. The van der Waals surface area contributed by atoms with Gasteiger partial charge < -0.3 is 9.84 Å². The number of ether oxygens (including phenoxy) is 1. The smallest absolute Gasteiger partial charge is 0.313 e. The van der Waals surface area contributed by atoms with Crippen molar-refractivity contribution >= 4 is 11.8 Å². The highest BCUT2D eigenvalue weighted by atomic mass is 16.5. The van der Waals surface area contributed by atoms with Gasteiger partial charge in [-0.3, -0.25) is 9.59 Å². The topological polar surface area (TPSA) is 112 Å². The van der Waals surface area contributed by atoms with Gasteiger partial charge in [-0.05, 0) is 30.0 Å². The van der Waals surface area contributed by atoms with Gasteiger partial charge in [0, 0.05) is 11.3 Å². The summed E-state index contributed by atoms with van der Waals surface area (Å²) in [4.78, 5) is 26.2. The van der Waals surface area contributed by atoms with Crippen molar-refractivity contribution in [3.05, 3.63) is 45.8 Å². The zero-order valence-corrected chi connectivity index (χ0v) is 12.2. The van der Waals surface area contributed by atoms with Gasteiger partial charge in [-0.2, -0.15) is 0 Å². The Morgan fingerprint density at radius 3 is 2.91 bits per heavy atom. The van der Waals surface area contributed by atoms with Crippen LogP contribution in [-0.2, 0) is 26.3 Å². The number of aliphatic hydroxyl groups is 1. The first-order chi connectivity index (χ1) is 10.5. The summed E-state index contributed by atoms with van der Waals surface area (Å²) in [5, 5.41) is 14.5. The molecule has 1 aliphatic rings. The lowest BCUT2D eigenvalue weighted by atomic mass is 9.87. The van der Waals surface area contributed by atoms with Gasteiger partial charge in [0.05, 0.1) is 12.6 Å². The third kappa shape index (κ3) is 3.10. The van der Waals surface area contributed by atoms with Crippen LogP contribution in [0.3, 0.4) is 0 Å². The second-order valence-electron chi connectivity index (χ2n) is 5.20. The van der Waals surface area contributed by atoms with Crippen LogP contribution in [0.25, 0.3) is 10.4 Å². The van der Waals surface area contributed by atoms with Crippen molar-refractivity contribution in [2.24, 2.45) is 5.11 Å². The average Bonchev–Trinajstić information content (AvgIpc) is 2.72. The molecule has 0 saturated heterocycles. The van der Waals surface area contributed by atoms with Gasteiger partial charge in [0.25, 0.3) is 0 Å². The van der Waals surface area contributed by atoms with E-state index in [4.69, 9.17) is 10.3 Å². The minimum absolute atomic E-state index is 0.195. The Labute approximate surface area is 127 Å². The number of esters is 1. The van der Waals surface area contributed by atoms with E-state index in [1.54, 1.807) is 19.1 Å². The average molecular weight is 303 g/mol. The fourth-order valence-corrected chi connectivity index (χ4v) is 2.83. The quantitative estimate of drug-likeness (QED) is 0.285. The number of rotatable bonds is 6. The molecule has 116 valence electrons. The SMILES string of the molecule is CCOC(=O)CC(=O)CC1(O)c2ccccc2CC1N=[N+]=[N-]. The molecular formula is C15H17N3O4. The van der Waals surface area contributed by atoms with Crippen molar-refractivity contribution in [1.82, 2.24) is 0 Å². The molecule has 1 aliphatic carbocycles. The number of carbonyl (C=O) groups is 2. The molecule has 0 saturated carbocycles. The van der Waals surface area contributed by atoms with Crippen molar-refractivity contribution < 1.29 is 19.4 Å². The summed E-state index contributed by atoms with van der Waals surface area (Å²) in [6.07, 6.45) is -0.322. The van der Waals surface area contributed by atoms with E-state index in [0.717, 1.165) is 5.56 Å². The molecule has 0 fully saturated rings. The van der Waals surface area contributed by atoms with Crippen LogP contribution in [0.15, 0.2) is 29.4 Å². The molecule has 0 aromatic heterocycles. The Bertz CT molecular complexity index is 639. The van der Waals surface area contributed by atoms with Gasteiger partial charge in [0.1, 0.15) is 17.8 Å². The van der Waals surface area contributed by atoms with Gasteiger partial charge in [0.2, 0.25) is 0 Å². The van der Waals surface area contributed by atoms with E-state index < -0.39 is 29.8 Å². The molecule has 7 heteroatoms. The van der Waals surface area contributed by atoms with E-state index in [2.05, 4.69) is 10.0 Å². The van der Waals surface area contributed by atoms with E-state index >= 15 is 0 Å². The van der Waals surface area contributed by atoms with Crippen LogP contribution in [-0.4, -0.2) is 29.5 Å². The fraction of sp³-hybridized carbons (Fsp3) is 0.467. The number of ketones is 1. The molecule has 0 radical (unpaired) electrons. The van der Waals surface area contributed by atoms with Crippen LogP contribution >= 0.6 is 0 Å². The van der Waals surface area contributed by atoms with Crippen molar-refractivity contribution in [3.8, 4) is 0 Å². The van der Waals surface area contributed by atoms with Gasteiger partial charge in [0.15, 0.2) is 0 Å². The maximum absolute atomic E-state index is 12.1. The molecule has 1 N–H and O–H groups in total. The molecule has 2 atom stereocenters. The number of hydrogen-bond donors (Lipinski definition) is 1. The molecule has 1 aromatic carbocycles. The maximum Gasteiger partial charge on any atom is 0.313 e. The molecule has 0 amide bonds. The molecule has 22 heavy (non-hydrogen) atoms. The minimum Gasteiger partial charge on any atom is -0.466 e. The molecule has 0 bridgehead atoms. The normalized spacial score (nSPS) is 22.5. The van der Waals surface area contributed by atoms with Crippen LogP contribution < -0.4 is 0 Å². The molecule has 7 nitrogen and oxygen atoms in total. The third-order valence-electron chi connectivity index (χ3n) is 3.75. The number of Topliss-reactive ketones (excluding diaryl/α,β-unsaturated/α-hetero) is 1. The number of carbonyl (C=O) groups excluding carboxylic acids is 2. The predicted octanol–water partition coefficient (Wildman–Crippen LogP) is 2.02. The van der Waals surface area contributed by atoms with Gasteiger partial charge in [-0.25, -0.2) is 0 Å². The molecule has 1 aromatic rings. The Hall–Kier alpha value is -2.37. The van der Waals surface area contributed by atoms with E-state index in [1.165, 1.54) is 0 Å². The first-order valence-corrected chi connectivity index (χ1v) is 7.03. The summed E-state index contributed by atoms with van der Waals surface area (Å²) in [5.41, 5.74) is 8.51. The van der Waals surface area contributed by atoms with Crippen molar-refractivity contribution in [2.75, 3.05) is 6.61 Å². The molecule has 2 unspecified atom stereocenters. The number of hydrogen-bond acceptors (Lipinski definition) is 5. The number of benzene rings is 1. The van der Waals surface area contributed by atoms with Gasteiger partial charge in [-0.1, -0.05) is 29.4 Å². The summed E-state index contributed by atoms with van der Waals surface area (Å²) in [6, 6.07) is 6.33. The zero-order chi connectivity index (χ0) is 16.2. The highest BCUT2D eigenvalue weighted by molar-refractivity contribution is 5.96. The molecule has 2 rings (SSSR count). The lowest BCUT2D eigenvalue weighted by molar-refractivity contribution is -0.146. The highest BCUT2D eigenvalue weighted by Gasteiger charge is 2.46. The van der Waals surface area contributed by atoms with E-state index in [9.17, 15) is 14.7 Å². The Morgan fingerprint density at radius 2 is 2.23 bits per heavy atom. The van der Waals surface area contributed by atoms with Crippen molar-refractivity contribution in [2.45, 2.75) is 37.8 Å². The third-order valence-corrected chi connectivity index (χ3v) is 3.75. The molecule has 0 heterocycles. The second kappa shape index (κ2) is 6.60. The summed E-state index contributed by atoms with van der Waals surface area (Å²) in [6.45, 7) is 1.85. The van der Waals surface area contributed by atoms with Crippen molar-refractivity contribution in [3.63, 3.8) is 0 Å². The van der Waals surface area contributed by atoms with E-state index in [0.29, 0.717) is 12.0 Å². The van der Waals surface area contributed by atoms with Crippen LogP contribution in [0, 0.1) is 0 Å².